The van der Waals surface area contributed by atoms with Crippen LogP contribution in [-0.2, 0) is 13.5 Å². The molecule has 4 heteroatoms. The molecule has 0 aliphatic rings. The molecule has 0 aliphatic carbocycles. The Morgan fingerprint density at radius 1 is 1.19 bits per heavy atom. The maximum atomic E-state index is 6.12. The lowest BCUT2D eigenvalue weighted by atomic mass is 10.0. The van der Waals surface area contributed by atoms with Crippen LogP contribution in [0.25, 0.3) is 0 Å². The van der Waals surface area contributed by atoms with Crippen LogP contribution in [0.15, 0.2) is 0 Å². The van der Waals surface area contributed by atoms with E-state index in [-0.39, 0.29) is 6.04 Å². The highest BCUT2D eigenvalue weighted by atomic mass is 15.3. The monoisotopic (exact) mass is 224 g/mol. The van der Waals surface area contributed by atoms with Crippen molar-refractivity contribution in [2.45, 2.75) is 46.6 Å². The molecule has 0 bridgehead atoms. The minimum absolute atomic E-state index is 0.00147. The number of hydrogen-bond acceptors (Lipinski definition) is 3. The SMILES string of the molecule is CC(C)Cc1nc(C(N)CC(C)C)n(C)n1. The molecule has 2 N–H and O–H groups in total. The van der Waals surface area contributed by atoms with Gasteiger partial charge in [-0.25, -0.2) is 4.98 Å². The number of rotatable bonds is 5. The lowest BCUT2D eigenvalue weighted by Crippen LogP contribution is -2.17. The van der Waals surface area contributed by atoms with Crippen LogP contribution < -0.4 is 5.73 Å². The van der Waals surface area contributed by atoms with E-state index in [0.717, 1.165) is 24.5 Å². The number of hydrogen-bond donors (Lipinski definition) is 1. The summed E-state index contributed by atoms with van der Waals surface area (Å²) in [6.07, 6.45) is 1.87. The van der Waals surface area contributed by atoms with Gasteiger partial charge in [-0.1, -0.05) is 27.7 Å². The first-order chi connectivity index (χ1) is 7.40. The molecule has 1 unspecified atom stereocenters. The first kappa shape index (κ1) is 13.2. The highest BCUT2D eigenvalue weighted by Crippen LogP contribution is 2.17. The third-order valence-corrected chi connectivity index (χ3v) is 2.49. The Morgan fingerprint density at radius 2 is 1.81 bits per heavy atom. The zero-order chi connectivity index (χ0) is 12.3. The van der Waals surface area contributed by atoms with Gasteiger partial charge in [0.05, 0.1) is 6.04 Å². The molecule has 0 aliphatic heterocycles. The molecule has 0 radical (unpaired) electrons. The van der Waals surface area contributed by atoms with E-state index in [1.54, 1.807) is 0 Å². The van der Waals surface area contributed by atoms with Crippen molar-refractivity contribution >= 4 is 0 Å². The Bertz CT molecular complexity index is 328. The predicted octanol–water partition coefficient (Wildman–Crippen LogP) is 2.06. The molecule has 0 aromatic carbocycles. The summed E-state index contributed by atoms with van der Waals surface area (Å²) in [4.78, 5) is 4.53. The standard InChI is InChI=1S/C12H24N4/c1-8(2)6-10(13)12-14-11(7-9(3)4)15-16(12)5/h8-10H,6-7,13H2,1-5H3. The van der Waals surface area contributed by atoms with E-state index in [1.807, 2.05) is 11.7 Å². The molecule has 1 atom stereocenters. The van der Waals surface area contributed by atoms with E-state index in [4.69, 9.17) is 5.73 Å². The van der Waals surface area contributed by atoms with Crippen LogP contribution in [0.4, 0.5) is 0 Å². The van der Waals surface area contributed by atoms with Crippen LogP contribution >= 0.6 is 0 Å². The summed E-state index contributed by atoms with van der Waals surface area (Å²) in [6, 6.07) is -0.00147. The Balaban J connectivity index is 2.76. The topological polar surface area (TPSA) is 56.7 Å². The van der Waals surface area contributed by atoms with Gasteiger partial charge in [0.15, 0.2) is 5.82 Å². The van der Waals surface area contributed by atoms with E-state index in [2.05, 4.69) is 37.8 Å². The van der Waals surface area contributed by atoms with Gasteiger partial charge < -0.3 is 5.73 Å². The summed E-state index contributed by atoms with van der Waals surface area (Å²) in [5.41, 5.74) is 6.12. The maximum Gasteiger partial charge on any atom is 0.151 e. The minimum Gasteiger partial charge on any atom is -0.321 e. The van der Waals surface area contributed by atoms with Crippen molar-refractivity contribution < 1.29 is 0 Å². The zero-order valence-corrected chi connectivity index (χ0v) is 11.1. The summed E-state index contributed by atoms with van der Waals surface area (Å²) < 4.78 is 1.82. The van der Waals surface area contributed by atoms with Crippen molar-refractivity contribution in [3.63, 3.8) is 0 Å². The summed E-state index contributed by atoms with van der Waals surface area (Å²) in [5, 5.41) is 4.40. The van der Waals surface area contributed by atoms with Crippen molar-refractivity contribution in [3.8, 4) is 0 Å². The molecule has 0 saturated carbocycles. The summed E-state index contributed by atoms with van der Waals surface area (Å²) in [6.45, 7) is 8.69. The second kappa shape index (κ2) is 5.43. The number of nitrogens with two attached hydrogens (primary N) is 1. The quantitative estimate of drug-likeness (QED) is 0.833. The average molecular weight is 224 g/mol. The Hall–Kier alpha value is -0.900. The van der Waals surface area contributed by atoms with Crippen LogP contribution in [-0.4, -0.2) is 14.8 Å². The third kappa shape index (κ3) is 3.59. The van der Waals surface area contributed by atoms with Crippen LogP contribution in [0.3, 0.4) is 0 Å². The van der Waals surface area contributed by atoms with E-state index in [0.29, 0.717) is 11.8 Å². The number of aryl methyl sites for hydroxylation is 1. The Kier molecular flexibility index (Phi) is 4.47. The molecule has 1 aromatic rings. The molecule has 4 nitrogen and oxygen atoms in total. The molecule has 92 valence electrons. The minimum atomic E-state index is -0.00147. The summed E-state index contributed by atoms with van der Waals surface area (Å²) in [7, 11) is 1.92. The van der Waals surface area contributed by atoms with Gasteiger partial charge >= 0.3 is 0 Å². The molecular weight excluding hydrogens is 200 g/mol. The van der Waals surface area contributed by atoms with Crippen LogP contribution in [0, 0.1) is 11.8 Å². The average Bonchev–Trinajstić information content (AvgIpc) is 2.44. The highest BCUT2D eigenvalue weighted by molar-refractivity contribution is 4.98. The van der Waals surface area contributed by atoms with Crippen molar-refractivity contribution in [2.75, 3.05) is 0 Å². The first-order valence-corrected chi connectivity index (χ1v) is 6.05. The van der Waals surface area contributed by atoms with E-state index < -0.39 is 0 Å². The molecule has 1 rings (SSSR count). The van der Waals surface area contributed by atoms with Crippen LogP contribution in [0.5, 0.6) is 0 Å². The van der Waals surface area contributed by atoms with Crippen molar-refractivity contribution in [3.05, 3.63) is 11.6 Å². The molecular formula is C12H24N4. The second-order valence-corrected chi connectivity index (χ2v) is 5.34. The largest absolute Gasteiger partial charge is 0.321 e. The molecule has 0 fully saturated rings. The molecule has 0 spiro atoms. The highest BCUT2D eigenvalue weighted by Gasteiger charge is 2.16. The van der Waals surface area contributed by atoms with Gasteiger partial charge in [0.1, 0.15) is 5.82 Å². The molecule has 1 heterocycles. The van der Waals surface area contributed by atoms with E-state index in [1.165, 1.54) is 0 Å². The molecule has 16 heavy (non-hydrogen) atoms. The van der Waals surface area contributed by atoms with E-state index in [9.17, 15) is 0 Å². The van der Waals surface area contributed by atoms with Gasteiger partial charge in [-0.3, -0.25) is 4.68 Å². The number of nitrogens with zero attached hydrogens (tertiary/aromatic N) is 3. The molecule has 1 aromatic heterocycles. The lowest BCUT2D eigenvalue weighted by Gasteiger charge is -2.12. The van der Waals surface area contributed by atoms with Crippen LogP contribution in [0.1, 0.15) is 51.8 Å². The third-order valence-electron chi connectivity index (χ3n) is 2.49. The zero-order valence-electron chi connectivity index (χ0n) is 11.1. The molecule has 0 amide bonds. The fourth-order valence-electron chi connectivity index (χ4n) is 1.84. The first-order valence-electron chi connectivity index (χ1n) is 6.05. The van der Waals surface area contributed by atoms with Gasteiger partial charge in [0.25, 0.3) is 0 Å². The van der Waals surface area contributed by atoms with Gasteiger partial charge in [-0.2, -0.15) is 5.10 Å². The second-order valence-electron chi connectivity index (χ2n) is 5.34. The van der Waals surface area contributed by atoms with Gasteiger partial charge in [-0.15, -0.1) is 0 Å². The Morgan fingerprint density at radius 3 is 2.31 bits per heavy atom. The summed E-state index contributed by atoms with van der Waals surface area (Å²) >= 11 is 0. The van der Waals surface area contributed by atoms with Gasteiger partial charge in [0.2, 0.25) is 0 Å². The normalized spacial score (nSPS) is 13.8. The van der Waals surface area contributed by atoms with Crippen LogP contribution in [0.2, 0.25) is 0 Å². The van der Waals surface area contributed by atoms with Gasteiger partial charge in [-0.05, 0) is 18.3 Å². The fourth-order valence-corrected chi connectivity index (χ4v) is 1.84. The fraction of sp³-hybridized carbons (Fsp3) is 0.833. The van der Waals surface area contributed by atoms with Crippen molar-refractivity contribution in [1.82, 2.24) is 14.8 Å². The summed E-state index contributed by atoms with van der Waals surface area (Å²) in [5.74, 6) is 2.98. The van der Waals surface area contributed by atoms with Crippen molar-refractivity contribution in [2.24, 2.45) is 24.6 Å². The lowest BCUT2D eigenvalue weighted by molar-refractivity contribution is 0.477. The maximum absolute atomic E-state index is 6.12. The Labute approximate surface area is 98.2 Å². The van der Waals surface area contributed by atoms with Gasteiger partial charge in [0, 0.05) is 13.5 Å². The smallest absolute Gasteiger partial charge is 0.151 e. The number of aromatic nitrogens is 3. The van der Waals surface area contributed by atoms with E-state index >= 15 is 0 Å². The molecule has 0 saturated heterocycles. The van der Waals surface area contributed by atoms with Crippen molar-refractivity contribution in [1.29, 1.82) is 0 Å². The predicted molar refractivity (Wildman–Crippen MR) is 65.9 cm³/mol.